The summed E-state index contributed by atoms with van der Waals surface area (Å²) >= 11 is 0. The van der Waals surface area contributed by atoms with Crippen molar-refractivity contribution in [1.82, 2.24) is 14.7 Å². The van der Waals surface area contributed by atoms with Gasteiger partial charge in [0.15, 0.2) is 5.69 Å². The second kappa shape index (κ2) is 3.66. The minimum absolute atomic E-state index is 0.337. The van der Waals surface area contributed by atoms with Crippen LogP contribution in [0.15, 0.2) is 0 Å². The van der Waals surface area contributed by atoms with Crippen molar-refractivity contribution >= 4 is 5.97 Å². The first-order valence-corrected chi connectivity index (χ1v) is 5.14. The van der Waals surface area contributed by atoms with Crippen LogP contribution in [0.4, 0.5) is 0 Å². The highest BCUT2D eigenvalue weighted by Gasteiger charge is 2.28. The number of nitrogens with zero attached hydrogens (tertiary/aromatic N) is 3. The predicted octanol–water partition coefficient (Wildman–Crippen LogP) is 0.844. The van der Waals surface area contributed by atoms with Crippen LogP contribution in [-0.4, -0.2) is 32.3 Å². The number of fused-ring (bicyclic) bond motifs is 1. The van der Waals surface area contributed by atoms with E-state index in [1.54, 1.807) is 7.05 Å². The Hall–Kier alpha value is -1.36. The van der Waals surface area contributed by atoms with E-state index in [1.165, 1.54) is 4.68 Å². The fourth-order valence-electron chi connectivity index (χ4n) is 2.15. The number of hydrogen-bond donors (Lipinski definition) is 1. The smallest absolute Gasteiger partial charge is 0.354 e. The van der Waals surface area contributed by atoms with Gasteiger partial charge >= 0.3 is 5.97 Å². The highest BCUT2D eigenvalue weighted by molar-refractivity contribution is 5.87. The van der Waals surface area contributed by atoms with Gasteiger partial charge in [0.25, 0.3) is 0 Å². The van der Waals surface area contributed by atoms with Gasteiger partial charge in [-0.2, -0.15) is 5.10 Å². The van der Waals surface area contributed by atoms with Crippen molar-refractivity contribution in [2.45, 2.75) is 26.4 Å². The summed E-state index contributed by atoms with van der Waals surface area (Å²) in [7, 11) is 1.69. The zero-order chi connectivity index (χ0) is 11.0. The molecule has 1 aliphatic rings. The lowest BCUT2D eigenvalue weighted by molar-refractivity contribution is 0.0682. The molecule has 0 saturated carbocycles. The third-order valence-corrected chi connectivity index (χ3v) is 2.73. The number of carbonyl (C=O) groups is 1. The van der Waals surface area contributed by atoms with E-state index < -0.39 is 5.97 Å². The molecular weight excluding hydrogens is 194 g/mol. The molecule has 82 valence electrons. The number of aromatic carboxylic acids is 1. The third kappa shape index (κ3) is 1.63. The zero-order valence-electron chi connectivity index (χ0n) is 9.03. The average molecular weight is 209 g/mol. The standard InChI is InChI=1S/C10H15N3O2/c1-3-4-13-5-7-8(6-13)11-12(2)9(7)10(14)15/h3-6H2,1-2H3,(H,14,15). The molecule has 0 fully saturated rings. The maximum absolute atomic E-state index is 11.0. The van der Waals surface area contributed by atoms with Crippen LogP contribution < -0.4 is 0 Å². The highest BCUT2D eigenvalue weighted by Crippen LogP contribution is 2.24. The van der Waals surface area contributed by atoms with Gasteiger partial charge in [-0.15, -0.1) is 0 Å². The Balaban J connectivity index is 2.28. The van der Waals surface area contributed by atoms with E-state index in [1.807, 2.05) is 0 Å². The number of carboxylic acid groups (broad SMARTS) is 1. The normalized spacial score (nSPS) is 15.6. The molecule has 1 aromatic rings. The highest BCUT2D eigenvalue weighted by atomic mass is 16.4. The summed E-state index contributed by atoms with van der Waals surface area (Å²) in [6, 6.07) is 0. The van der Waals surface area contributed by atoms with Gasteiger partial charge in [-0.1, -0.05) is 6.92 Å². The quantitative estimate of drug-likeness (QED) is 0.801. The van der Waals surface area contributed by atoms with Crippen LogP contribution in [0.3, 0.4) is 0 Å². The van der Waals surface area contributed by atoms with Crippen LogP contribution >= 0.6 is 0 Å². The summed E-state index contributed by atoms with van der Waals surface area (Å²) in [5.41, 5.74) is 2.14. The summed E-state index contributed by atoms with van der Waals surface area (Å²) in [6.07, 6.45) is 1.08. The monoisotopic (exact) mass is 209 g/mol. The number of aryl methyl sites for hydroxylation is 1. The maximum Gasteiger partial charge on any atom is 0.354 e. The first-order valence-electron chi connectivity index (χ1n) is 5.14. The van der Waals surface area contributed by atoms with Gasteiger partial charge < -0.3 is 5.11 Å². The Morgan fingerprint density at radius 1 is 1.53 bits per heavy atom. The van der Waals surface area contributed by atoms with Crippen molar-refractivity contribution in [3.8, 4) is 0 Å². The number of carboxylic acids is 1. The van der Waals surface area contributed by atoms with Crippen LogP contribution in [-0.2, 0) is 20.1 Å². The molecule has 5 nitrogen and oxygen atoms in total. The maximum atomic E-state index is 11.0. The first-order chi connectivity index (χ1) is 7.13. The predicted molar refractivity (Wildman–Crippen MR) is 54.6 cm³/mol. The molecule has 1 aromatic heterocycles. The van der Waals surface area contributed by atoms with E-state index in [0.717, 1.165) is 37.3 Å². The first kappa shape index (κ1) is 10.2. The van der Waals surface area contributed by atoms with Gasteiger partial charge in [-0.05, 0) is 13.0 Å². The molecular formula is C10H15N3O2. The summed E-state index contributed by atoms with van der Waals surface area (Å²) in [4.78, 5) is 13.3. The van der Waals surface area contributed by atoms with E-state index >= 15 is 0 Å². The lowest BCUT2D eigenvalue weighted by atomic mass is 10.2. The fraction of sp³-hybridized carbons (Fsp3) is 0.600. The number of rotatable bonds is 3. The van der Waals surface area contributed by atoms with Crippen molar-refractivity contribution in [1.29, 1.82) is 0 Å². The van der Waals surface area contributed by atoms with Gasteiger partial charge in [0.1, 0.15) is 0 Å². The Kier molecular flexibility index (Phi) is 2.48. The summed E-state index contributed by atoms with van der Waals surface area (Å²) in [5, 5.41) is 13.3. The SMILES string of the molecule is CCCN1Cc2nn(C)c(C(=O)O)c2C1. The molecule has 0 unspecified atom stereocenters. The average Bonchev–Trinajstić information content (AvgIpc) is 2.59. The van der Waals surface area contributed by atoms with E-state index in [0.29, 0.717) is 5.69 Å². The summed E-state index contributed by atoms with van der Waals surface area (Å²) < 4.78 is 1.47. The van der Waals surface area contributed by atoms with Gasteiger partial charge in [-0.25, -0.2) is 4.79 Å². The van der Waals surface area contributed by atoms with Gasteiger partial charge in [0.2, 0.25) is 0 Å². The molecule has 0 spiro atoms. The molecule has 2 heterocycles. The summed E-state index contributed by atoms with van der Waals surface area (Å²) in [6.45, 7) is 4.62. The minimum Gasteiger partial charge on any atom is -0.477 e. The topological polar surface area (TPSA) is 58.4 Å². The molecule has 5 heteroatoms. The number of hydrogen-bond acceptors (Lipinski definition) is 3. The van der Waals surface area contributed by atoms with Gasteiger partial charge in [0.05, 0.1) is 5.69 Å². The zero-order valence-corrected chi connectivity index (χ0v) is 9.03. The van der Waals surface area contributed by atoms with Gasteiger partial charge in [0, 0.05) is 25.7 Å². The molecule has 0 aliphatic carbocycles. The van der Waals surface area contributed by atoms with E-state index in [-0.39, 0.29) is 0 Å². The van der Waals surface area contributed by atoms with Crippen molar-refractivity contribution in [3.05, 3.63) is 17.0 Å². The van der Waals surface area contributed by atoms with E-state index in [9.17, 15) is 4.79 Å². The molecule has 0 amide bonds. The fourth-order valence-corrected chi connectivity index (χ4v) is 2.15. The Bertz CT molecular complexity index is 398. The van der Waals surface area contributed by atoms with Crippen LogP contribution in [0.25, 0.3) is 0 Å². The Morgan fingerprint density at radius 3 is 2.87 bits per heavy atom. The third-order valence-electron chi connectivity index (χ3n) is 2.73. The summed E-state index contributed by atoms with van der Waals surface area (Å²) in [5.74, 6) is -0.885. The minimum atomic E-state index is -0.885. The van der Waals surface area contributed by atoms with Crippen LogP contribution in [0, 0.1) is 0 Å². The Labute approximate surface area is 88.3 Å². The van der Waals surface area contributed by atoms with Gasteiger partial charge in [-0.3, -0.25) is 9.58 Å². The molecule has 0 aromatic carbocycles. The van der Waals surface area contributed by atoms with Crippen LogP contribution in [0.1, 0.15) is 35.1 Å². The van der Waals surface area contributed by atoms with Crippen molar-refractivity contribution in [3.63, 3.8) is 0 Å². The molecule has 0 radical (unpaired) electrons. The second-order valence-corrected chi connectivity index (χ2v) is 3.91. The van der Waals surface area contributed by atoms with E-state index in [4.69, 9.17) is 5.11 Å². The molecule has 15 heavy (non-hydrogen) atoms. The van der Waals surface area contributed by atoms with Crippen LogP contribution in [0.5, 0.6) is 0 Å². The van der Waals surface area contributed by atoms with Crippen molar-refractivity contribution in [2.75, 3.05) is 6.54 Å². The van der Waals surface area contributed by atoms with Crippen LogP contribution in [0.2, 0.25) is 0 Å². The van der Waals surface area contributed by atoms with Crippen molar-refractivity contribution in [2.24, 2.45) is 7.05 Å². The largest absolute Gasteiger partial charge is 0.477 e. The lowest BCUT2D eigenvalue weighted by Gasteiger charge is -2.13. The molecule has 1 N–H and O–H groups in total. The second-order valence-electron chi connectivity index (χ2n) is 3.91. The molecule has 2 rings (SSSR count). The molecule has 1 aliphatic heterocycles. The molecule has 0 saturated heterocycles. The number of aromatic nitrogens is 2. The molecule has 0 bridgehead atoms. The van der Waals surface area contributed by atoms with Crippen molar-refractivity contribution < 1.29 is 9.90 Å². The van der Waals surface area contributed by atoms with E-state index in [2.05, 4.69) is 16.9 Å². The molecule has 0 atom stereocenters. The Morgan fingerprint density at radius 2 is 2.27 bits per heavy atom. The lowest BCUT2D eigenvalue weighted by Crippen LogP contribution is -2.19.